The van der Waals surface area contributed by atoms with Crippen LogP contribution in [0.15, 0.2) is 4.52 Å². The van der Waals surface area contributed by atoms with Gasteiger partial charge in [-0.05, 0) is 37.6 Å². The van der Waals surface area contributed by atoms with Gasteiger partial charge in [0.05, 0.1) is 0 Å². The van der Waals surface area contributed by atoms with E-state index in [-0.39, 0.29) is 0 Å². The molecule has 3 rings (SSSR count). The lowest BCUT2D eigenvalue weighted by Gasteiger charge is -2.16. The van der Waals surface area contributed by atoms with Gasteiger partial charge in [0, 0.05) is 12.3 Å². The Morgan fingerprint density at radius 2 is 2.27 bits per heavy atom. The number of hydrogen-bond donors (Lipinski definition) is 1. The van der Waals surface area contributed by atoms with E-state index in [0.717, 1.165) is 30.0 Å². The fourth-order valence-electron chi connectivity index (χ4n) is 3.20. The zero-order valence-electron chi connectivity index (χ0n) is 8.85. The Kier molecular flexibility index (Phi) is 2.24. The normalized spacial score (nSPS) is 33.8. The molecule has 3 atom stereocenters. The average molecular weight is 207 g/mol. The van der Waals surface area contributed by atoms with Crippen molar-refractivity contribution in [2.75, 3.05) is 6.54 Å². The van der Waals surface area contributed by atoms with Gasteiger partial charge in [-0.2, -0.15) is 4.98 Å². The van der Waals surface area contributed by atoms with Crippen LogP contribution in [-0.4, -0.2) is 16.7 Å². The molecule has 2 bridgehead atoms. The van der Waals surface area contributed by atoms with Crippen molar-refractivity contribution in [3.63, 3.8) is 0 Å². The maximum Gasteiger partial charge on any atom is 0.230 e. The molecule has 1 aromatic rings. The van der Waals surface area contributed by atoms with E-state index in [9.17, 15) is 0 Å². The first kappa shape index (κ1) is 9.33. The monoisotopic (exact) mass is 207 g/mol. The van der Waals surface area contributed by atoms with Gasteiger partial charge in [-0.15, -0.1) is 0 Å². The summed E-state index contributed by atoms with van der Waals surface area (Å²) in [6.45, 7) is 0.593. The third-order valence-electron chi connectivity index (χ3n) is 3.91. The number of nitrogens with two attached hydrogens (primary N) is 1. The molecule has 0 saturated heterocycles. The van der Waals surface area contributed by atoms with E-state index in [1.807, 2.05) is 0 Å². The van der Waals surface area contributed by atoms with Crippen LogP contribution in [0.25, 0.3) is 0 Å². The van der Waals surface area contributed by atoms with Gasteiger partial charge in [-0.1, -0.05) is 11.6 Å². The van der Waals surface area contributed by atoms with Crippen LogP contribution in [0.4, 0.5) is 0 Å². The van der Waals surface area contributed by atoms with Gasteiger partial charge < -0.3 is 10.3 Å². The number of rotatable bonds is 3. The molecule has 2 aliphatic carbocycles. The molecule has 4 nitrogen and oxygen atoms in total. The molecular formula is C11H17N3O. The molecule has 0 aliphatic heterocycles. The molecular weight excluding hydrogens is 190 g/mol. The first-order chi connectivity index (χ1) is 7.36. The average Bonchev–Trinajstić information content (AvgIpc) is 2.91. The van der Waals surface area contributed by atoms with Gasteiger partial charge in [0.1, 0.15) is 0 Å². The number of nitrogens with zero attached hydrogens (tertiary/aromatic N) is 2. The highest BCUT2D eigenvalue weighted by molar-refractivity contribution is 5.05. The van der Waals surface area contributed by atoms with Crippen molar-refractivity contribution in [1.82, 2.24) is 10.1 Å². The van der Waals surface area contributed by atoms with Crippen LogP contribution >= 0.6 is 0 Å². The molecule has 0 aromatic carbocycles. The van der Waals surface area contributed by atoms with Crippen molar-refractivity contribution in [2.45, 2.75) is 38.0 Å². The summed E-state index contributed by atoms with van der Waals surface area (Å²) in [6.07, 6.45) is 6.12. The summed E-state index contributed by atoms with van der Waals surface area (Å²) in [6, 6.07) is 0. The van der Waals surface area contributed by atoms with E-state index < -0.39 is 0 Å². The topological polar surface area (TPSA) is 64.9 Å². The molecule has 3 unspecified atom stereocenters. The van der Waals surface area contributed by atoms with Gasteiger partial charge in [0.2, 0.25) is 5.89 Å². The Labute approximate surface area is 89.2 Å². The number of aromatic nitrogens is 2. The molecule has 2 fully saturated rings. The van der Waals surface area contributed by atoms with Gasteiger partial charge in [0.15, 0.2) is 5.82 Å². The minimum Gasteiger partial charge on any atom is -0.339 e. The molecule has 4 heteroatoms. The van der Waals surface area contributed by atoms with E-state index in [1.165, 1.54) is 25.7 Å². The highest BCUT2D eigenvalue weighted by Crippen LogP contribution is 2.52. The Balaban J connectivity index is 1.75. The molecule has 0 amide bonds. The summed E-state index contributed by atoms with van der Waals surface area (Å²) in [7, 11) is 0. The van der Waals surface area contributed by atoms with Gasteiger partial charge in [-0.25, -0.2) is 0 Å². The summed E-state index contributed by atoms with van der Waals surface area (Å²) in [5.74, 6) is 3.91. The van der Waals surface area contributed by atoms with Crippen molar-refractivity contribution in [1.29, 1.82) is 0 Å². The van der Waals surface area contributed by atoms with Crippen LogP contribution in [0, 0.1) is 11.8 Å². The highest BCUT2D eigenvalue weighted by Gasteiger charge is 2.42. The summed E-state index contributed by atoms with van der Waals surface area (Å²) in [4.78, 5) is 4.44. The van der Waals surface area contributed by atoms with E-state index in [1.54, 1.807) is 0 Å². The first-order valence-electron chi connectivity index (χ1n) is 5.89. The molecule has 1 aromatic heterocycles. The Bertz CT molecular complexity index is 349. The van der Waals surface area contributed by atoms with Crippen LogP contribution in [0.1, 0.15) is 43.3 Å². The van der Waals surface area contributed by atoms with E-state index in [0.29, 0.717) is 12.5 Å². The van der Waals surface area contributed by atoms with Crippen LogP contribution in [0.3, 0.4) is 0 Å². The molecule has 15 heavy (non-hydrogen) atoms. The predicted octanol–water partition coefficient (Wildman–Crippen LogP) is 1.47. The summed E-state index contributed by atoms with van der Waals surface area (Å²) in [5.41, 5.74) is 5.46. The van der Waals surface area contributed by atoms with Crippen molar-refractivity contribution in [2.24, 2.45) is 17.6 Å². The van der Waals surface area contributed by atoms with E-state index in [2.05, 4.69) is 10.1 Å². The molecule has 0 radical (unpaired) electrons. The molecule has 2 N–H and O–H groups in total. The van der Waals surface area contributed by atoms with Crippen molar-refractivity contribution in [3.05, 3.63) is 11.7 Å². The molecule has 1 heterocycles. The van der Waals surface area contributed by atoms with Gasteiger partial charge >= 0.3 is 0 Å². The van der Waals surface area contributed by atoms with E-state index in [4.69, 9.17) is 10.3 Å². The van der Waals surface area contributed by atoms with Crippen LogP contribution in [0.5, 0.6) is 0 Å². The Morgan fingerprint density at radius 1 is 1.33 bits per heavy atom. The SMILES string of the molecule is NCCc1noc(C2CC3CCC2C3)n1. The summed E-state index contributed by atoms with van der Waals surface area (Å²) >= 11 is 0. The second kappa shape index (κ2) is 3.59. The minimum absolute atomic E-state index is 0.544. The fraction of sp³-hybridized carbons (Fsp3) is 0.818. The number of hydrogen-bond acceptors (Lipinski definition) is 4. The van der Waals surface area contributed by atoms with Crippen LogP contribution in [0.2, 0.25) is 0 Å². The quantitative estimate of drug-likeness (QED) is 0.815. The minimum atomic E-state index is 0.544. The lowest BCUT2D eigenvalue weighted by atomic mass is 9.89. The molecule has 2 saturated carbocycles. The first-order valence-corrected chi connectivity index (χ1v) is 5.89. The third-order valence-corrected chi connectivity index (χ3v) is 3.91. The Hall–Kier alpha value is -0.900. The zero-order chi connectivity index (χ0) is 10.3. The zero-order valence-corrected chi connectivity index (χ0v) is 8.85. The molecule has 0 spiro atoms. The smallest absolute Gasteiger partial charge is 0.230 e. The summed E-state index contributed by atoms with van der Waals surface area (Å²) < 4.78 is 5.34. The standard InChI is InChI=1S/C11H17N3O/c12-4-3-10-13-11(15-14-10)9-6-7-1-2-8(9)5-7/h7-9H,1-6,12H2. The Morgan fingerprint density at radius 3 is 2.93 bits per heavy atom. The van der Waals surface area contributed by atoms with Crippen LogP contribution in [-0.2, 0) is 6.42 Å². The lowest BCUT2D eigenvalue weighted by molar-refractivity contribution is 0.300. The fourth-order valence-corrected chi connectivity index (χ4v) is 3.20. The van der Waals surface area contributed by atoms with Gasteiger partial charge in [0.25, 0.3) is 0 Å². The second-order valence-electron chi connectivity index (χ2n) is 4.87. The largest absolute Gasteiger partial charge is 0.339 e. The maximum absolute atomic E-state index is 5.46. The van der Waals surface area contributed by atoms with E-state index >= 15 is 0 Å². The summed E-state index contributed by atoms with van der Waals surface area (Å²) in [5, 5.41) is 3.97. The maximum atomic E-state index is 5.46. The van der Waals surface area contributed by atoms with Crippen molar-refractivity contribution in [3.8, 4) is 0 Å². The highest BCUT2D eigenvalue weighted by atomic mass is 16.5. The van der Waals surface area contributed by atoms with Crippen molar-refractivity contribution < 1.29 is 4.52 Å². The van der Waals surface area contributed by atoms with Crippen molar-refractivity contribution >= 4 is 0 Å². The predicted molar refractivity (Wildman–Crippen MR) is 55.2 cm³/mol. The second-order valence-corrected chi connectivity index (χ2v) is 4.87. The van der Waals surface area contributed by atoms with Crippen LogP contribution < -0.4 is 5.73 Å². The lowest BCUT2D eigenvalue weighted by Crippen LogP contribution is -2.09. The molecule has 82 valence electrons. The number of fused-ring (bicyclic) bond motifs is 2. The van der Waals surface area contributed by atoms with Gasteiger partial charge in [-0.3, -0.25) is 0 Å². The third kappa shape index (κ3) is 1.57. The molecule has 2 aliphatic rings.